The maximum Gasteiger partial charge on any atom is 0.243 e. The number of sulfone groups is 1. The Morgan fingerprint density at radius 3 is 2.17 bits per heavy atom. The Kier molecular flexibility index (Phi) is 5.82. The number of hydrogen-bond donors (Lipinski definition) is 1. The van der Waals surface area contributed by atoms with Gasteiger partial charge in [-0.05, 0) is 54.6 Å². The van der Waals surface area contributed by atoms with Gasteiger partial charge in [0.2, 0.25) is 10.0 Å². The van der Waals surface area contributed by atoms with E-state index in [1.54, 1.807) is 0 Å². The van der Waals surface area contributed by atoms with Crippen molar-refractivity contribution in [3.05, 3.63) is 84.1 Å². The monoisotopic (exact) mass is 445 g/mol. The van der Waals surface area contributed by atoms with Gasteiger partial charge in [0.05, 0.1) is 11.2 Å². The van der Waals surface area contributed by atoms with Crippen molar-refractivity contribution in [2.24, 2.45) is 0 Å². The lowest BCUT2D eigenvalue weighted by Crippen LogP contribution is -2.32. The fraction of sp³-hybridized carbons (Fsp3) is 0.111. The van der Waals surface area contributed by atoms with Crippen LogP contribution in [0, 0.1) is 17.5 Å². The van der Waals surface area contributed by atoms with Crippen molar-refractivity contribution in [3.8, 4) is 0 Å². The third-order valence-electron chi connectivity index (χ3n) is 4.02. The van der Waals surface area contributed by atoms with E-state index < -0.39 is 54.0 Å². The van der Waals surface area contributed by atoms with E-state index in [-0.39, 0.29) is 10.7 Å². The number of nitrogens with one attached hydrogen (secondary N) is 1. The van der Waals surface area contributed by atoms with E-state index in [0.29, 0.717) is 12.1 Å². The van der Waals surface area contributed by atoms with Gasteiger partial charge >= 0.3 is 0 Å². The largest absolute Gasteiger partial charge is 0.468 e. The van der Waals surface area contributed by atoms with Crippen molar-refractivity contribution in [2.45, 2.75) is 15.0 Å². The first-order valence-electron chi connectivity index (χ1n) is 8.09. The Balaban J connectivity index is 1.95. The molecule has 154 valence electrons. The molecule has 29 heavy (non-hydrogen) atoms. The van der Waals surface area contributed by atoms with Crippen LogP contribution < -0.4 is 4.72 Å². The van der Waals surface area contributed by atoms with Crippen LogP contribution in [0.4, 0.5) is 13.2 Å². The van der Waals surface area contributed by atoms with E-state index in [9.17, 15) is 30.0 Å². The van der Waals surface area contributed by atoms with Crippen LogP contribution in [0.1, 0.15) is 11.0 Å². The molecule has 1 aromatic heterocycles. The molecule has 1 N–H and O–H groups in total. The van der Waals surface area contributed by atoms with Crippen molar-refractivity contribution >= 4 is 19.9 Å². The predicted octanol–water partition coefficient (Wildman–Crippen LogP) is 3.19. The zero-order valence-corrected chi connectivity index (χ0v) is 16.2. The molecule has 0 fully saturated rings. The van der Waals surface area contributed by atoms with Gasteiger partial charge in [-0.1, -0.05) is 0 Å². The second kappa shape index (κ2) is 8.01. The molecule has 1 heterocycles. The topological polar surface area (TPSA) is 93.4 Å². The summed E-state index contributed by atoms with van der Waals surface area (Å²) < 4.78 is 98.1. The molecule has 0 bridgehead atoms. The molecule has 0 unspecified atom stereocenters. The van der Waals surface area contributed by atoms with E-state index in [0.717, 1.165) is 30.3 Å². The second-order valence-electron chi connectivity index (χ2n) is 5.93. The molecule has 0 aliphatic carbocycles. The molecule has 0 aliphatic heterocycles. The predicted molar refractivity (Wildman–Crippen MR) is 96.6 cm³/mol. The molecule has 3 rings (SSSR count). The zero-order valence-electron chi connectivity index (χ0n) is 14.5. The SMILES string of the molecule is O=S(=O)(NC[C@H](c1ccco1)S(=O)(=O)c1ccc(F)cc1)c1cc(F)ccc1F. The number of sulfonamides is 1. The summed E-state index contributed by atoms with van der Waals surface area (Å²) in [7, 11) is -8.80. The van der Waals surface area contributed by atoms with E-state index in [4.69, 9.17) is 4.42 Å². The molecule has 6 nitrogen and oxygen atoms in total. The van der Waals surface area contributed by atoms with Gasteiger partial charge in [-0.25, -0.2) is 34.7 Å². The van der Waals surface area contributed by atoms with Gasteiger partial charge < -0.3 is 4.42 Å². The highest BCUT2D eigenvalue weighted by atomic mass is 32.2. The summed E-state index contributed by atoms with van der Waals surface area (Å²) in [6.07, 6.45) is 1.20. The standard InChI is InChI=1S/C18H14F3NO5S2/c19-12-3-6-14(7-4-12)28(23,24)18(16-2-1-9-27-16)11-22-29(25,26)17-10-13(20)5-8-15(17)21/h1-10,18,22H,11H2/t18-/m1/s1. The maximum absolute atomic E-state index is 13.8. The van der Waals surface area contributed by atoms with Crippen molar-refractivity contribution in [1.82, 2.24) is 4.72 Å². The highest BCUT2D eigenvalue weighted by molar-refractivity contribution is 7.92. The molecule has 0 spiro atoms. The lowest BCUT2D eigenvalue weighted by molar-refractivity contribution is 0.486. The van der Waals surface area contributed by atoms with Crippen molar-refractivity contribution in [2.75, 3.05) is 6.54 Å². The van der Waals surface area contributed by atoms with Crippen LogP contribution in [0.15, 0.2) is 75.1 Å². The first-order chi connectivity index (χ1) is 13.6. The summed E-state index contributed by atoms with van der Waals surface area (Å²) in [5.41, 5.74) is 0. The summed E-state index contributed by atoms with van der Waals surface area (Å²) in [6, 6.07) is 8.54. The average molecular weight is 445 g/mol. The Morgan fingerprint density at radius 1 is 0.897 bits per heavy atom. The molecule has 0 aliphatic rings. The molecule has 0 saturated heterocycles. The smallest absolute Gasteiger partial charge is 0.243 e. The minimum absolute atomic E-state index is 0.0864. The van der Waals surface area contributed by atoms with Gasteiger partial charge in [0.25, 0.3) is 0 Å². The van der Waals surface area contributed by atoms with Crippen LogP contribution in [0.25, 0.3) is 0 Å². The van der Waals surface area contributed by atoms with Gasteiger partial charge in [-0.15, -0.1) is 0 Å². The molecular weight excluding hydrogens is 431 g/mol. The number of furan rings is 1. The number of benzene rings is 2. The third kappa shape index (κ3) is 4.52. The van der Waals surface area contributed by atoms with E-state index in [2.05, 4.69) is 0 Å². The molecule has 0 radical (unpaired) electrons. The zero-order chi connectivity index (χ0) is 21.2. The van der Waals surface area contributed by atoms with Gasteiger partial charge in [-0.3, -0.25) is 0 Å². The highest BCUT2D eigenvalue weighted by Crippen LogP contribution is 2.29. The van der Waals surface area contributed by atoms with Gasteiger partial charge in [0.15, 0.2) is 9.84 Å². The molecule has 3 aromatic rings. The Hall–Kier alpha value is -2.63. The quantitative estimate of drug-likeness (QED) is 0.564. The summed E-state index contributed by atoms with van der Waals surface area (Å²) in [5, 5.41) is -1.53. The highest BCUT2D eigenvalue weighted by Gasteiger charge is 2.33. The lowest BCUT2D eigenvalue weighted by Gasteiger charge is -2.17. The van der Waals surface area contributed by atoms with Crippen LogP contribution in [0.5, 0.6) is 0 Å². The summed E-state index contributed by atoms with van der Waals surface area (Å²) in [6.45, 7) is -0.731. The number of rotatable bonds is 7. The Bertz CT molecular complexity index is 1210. The second-order valence-corrected chi connectivity index (χ2v) is 9.80. The van der Waals surface area contributed by atoms with Crippen LogP contribution >= 0.6 is 0 Å². The summed E-state index contributed by atoms with van der Waals surface area (Å²) >= 11 is 0. The van der Waals surface area contributed by atoms with E-state index in [1.165, 1.54) is 18.4 Å². The molecular formula is C18H14F3NO5S2. The Labute approximate surface area is 165 Å². The normalized spacial score (nSPS) is 13.3. The first-order valence-corrected chi connectivity index (χ1v) is 11.1. The molecule has 0 amide bonds. The molecule has 0 saturated carbocycles. The number of halogens is 3. The molecule has 2 aromatic carbocycles. The van der Waals surface area contributed by atoms with Crippen molar-refractivity contribution in [1.29, 1.82) is 0 Å². The Morgan fingerprint density at radius 2 is 1.55 bits per heavy atom. The minimum atomic E-state index is -4.58. The van der Waals surface area contributed by atoms with Crippen molar-refractivity contribution < 1.29 is 34.4 Å². The van der Waals surface area contributed by atoms with Crippen LogP contribution in [0.3, 0.4) is 0 Å². The number of hydrogen-bond acceptors (Lipinski definition) is 5. The first kappa shape index (κ1) is 21.1. The lowest BCUT2D eigenvalue weighted by atomic mass is 10.3. The van der Waals surface area contributed by atoms with E-state index >= 15 is 0 Å². The third-order valence-corrected chi connectivity index (χ3v) is 7.53. The van der Waals surface area contributed by atoms with E-state index in [1.807, 2.05) is 4.72 Å². The summed E-state index contributed by atoms with van der Waals surface area (Å²) in [4.78, 5) is -1.23. The fourth-order valence-corrected chi connectivity index (χ4v) is 5.40. The van der Waals surface area contributed by atoms with Crippen LogP contribution in [-0.4, -0.2) is 23.4 Å². The van der Waals surface area contributed by atoms with Gasteiger partial charge in [0.1, 0.15) is 33.4 Å². The fourth-order valence-electron chi connectivity index (χ4n) is 2.57. The van der Waals surface area contributed by atoms with Gasteiger partial charge in [-0.2, -0.15) is 0 Å². The average Bonchev–Trinajstić information content (AvgIpc) is 3.18. The van der Waals surface area contributed by atoms with Crippen molar-refractivity contribution in [3.63, 3.8) is 0 Å². The van der Waals surface area contributed by atoms with Crippen LogP contribution in [0.2, 0.25) is 0 Å². The molecule has 1 atom stereocenters. The van der Waals surface area contributed by atoms with Gasteiger partial charge in [0, 0.05) is 6.54 Å². The summed E-state index contributed by atoms with van der Waals surface area (Å²) in [5.74, 6) is -2.92. The van der Waals surface area contributed by atoms with Crippen LogP contribution in [-0.2, 0) is 19.9 Å². The minimum Gasteiger partial charge on any atom is -0.468 e. The molecule has 11 heteroatoms. The maximum atomic E-state index is 13.8.